The van der Waals surface area contributed by atoms with E-state index in [1.54, 1.807) is 85.4 Å². The van der Waals surface area contributed by atoms with Crippen molar-refractivity contribution in [1.82, 2.24) is 39.0 Å². The van der Waals surface area contributed by atoms with E-state index in [0.717, 1.165) is 6.07 Å². The molecular formula is C49H31F6N9. The Balaban J connectivity index is 1.35. The summed E-state index contributed by atoms with van der Waals surface area (Å²) in [5.74, 6) is 2.91. The molecule has 64 heavy (non-hydrogen) atoms. The highest BCUT2D eigenvalue weighted by atomic mass is 19.4. The molecule has 0 fully saturated rings. The van der Waals surface area contributed by atoms with Gasteiger partial charge in [-0.3, -0.25) is 0 Å². The lowest BCUT2D eigenvalue weighted by molar-refractivity contribution is -0.142. The molecule has 0 saturated heterocycles. The molecule has 0 spiro atoms. The molecule has 0 unspecified atom stereocenters. The Morgan fingerprint density at radius 3 is 1.22 bits per heavy atom. The van der Waals surface area contributed by atoms with Crippen LogP contribution in [0.3, 0.4) is 0 Å². The molecule has 0 atom stereocenters. The van der Waals surface area contributed by atoms with E-state index in [-0.39, 0.29) is 16.9 Å². The number of rotatable bonds is 5. The van der Waals surface area contributed by atoms with Crippen LogP contribution in [0, 0.1) is 39.0 Å². The molecule has 0 bridgehead atoms. The summed E-state index contributed by atoms with van der Waals surface area (Å²) in [4.78, 5) is 26.7. The fourth-order valence-corrected chi connectivity index (χ4v) is 8.79. The molecule has 314 valence electrons. The van der Waals surface area contributed by atoms with Crippen molar-refractivity contribution < 1.29 is 26.3 Å². The van der Waals surface area contributed by atoms with Gasteiger partial charge in [0.2, 0.25) is 0 Å². The highest BCUT2D eigenvalue weighted by molar-refractivity contribution is 6.12. The molecule has 0 N–H and O–H groups in total. The van der Waals surface area contributed by atoms with Crippen LogP contribution in [0.2, 0.25) is 0 Å². The highest BCUT2D eigenvalue weighted by Crippen LogP contribution is 2.47. The minimum atomic E-state index is -5.19. The van der Waals surface area contributed by atoms with Gasteiger partial charge >= 0.3 is 12.4 Å². The third-order valence-corrected chi connectivity index (χ3v) is 11.2. The van der Waals surface area contributed by atoms with E-state index in [1.165, 1.54) is 12.1 Å². The van der Waals surface area contributed by atoms with Gasteiger partial charge < -0.3 is 9.13 Å². The molecule has 6 aromatic carbocycles. The van der Waals surface area contributed by atoms with Crippen LogP contribution in [-0.2, 0) is 12.4 Å². The number of halogens is 6. The van der Waals surface area contributed by atoms with Crippen LogP contribution in [0.25, 0.3) is 88.9 Å². The number of aryl methyl sites for hydroxylation is 4. The van der Waals surface area contributed by atoms with Crippen molar-refractivity contribution in [3.63, 3.8) is 0 Å². The Labute approximate surface area is 360 Å². The van der Waals surface area contributed by atoms with E-state index >= 15 is 26.3 Å². The Morgan fingerprint density at radius 2 is 0.828 bits per heavy atom. The average molecular weight is 860 g/mol. The maximum atomic E-state index is 15.0. The summed E-state index contributed by atoms with van der Waals surface area (Å²) in [5, 5.41) is 14.1. The Hall–Kier alpha value is -7.99. The number of nitrogens with zero attached hydrogens (tertiary/aromatic N) is 9. The normalized spacial score (nSPS) is 12.2. The molecule has 0 aliphatic rings. The molecule has 9 nitrogen and oxygen atoms in total. The van der Waals surface area contributed by atoms with Gasteiger partial charge in [-0.05, 0) is 106 Å². The predicted molar refractivity (Wildman–Crippen MR) is 232 cm³/mol. The van der Waals surface area contributed by atoms with Crippen molar-refractivity contribution in [2.24, 2.45) is 0 Å². The van der Waals surface area contributed by atoms with Gasteiger partial charge in [0.05, 0.1) is 44.6 Å². The minimum absolute atomic E-state index is 0.00677. The third-order valence-electron chi connectivity index (χ3n) is 11.2. The summed E-state index contributed by atoms with van der Waals surface area (Å²) >= 11 is 0. The van der Waals surface area contributed by atoms with Gasteiger partial charge in [0.15, 0.2) is 11.6 Å². The second-order valence-electron chi connectivity index (χ2n) is 15.4. The first kappa shape index (κ1) is 40.1. The number of hydrogen-bond donors (Lipinski definition) is 0. The van der Waals surface area contributed by atoms with Crippen LogP contribution in [0.15, 0.2) is 115 Å². The fourth-order valence-electron chi connectivity index (χ4n) is 8.79. The number of benzene rings is 6. The molecule has 0 radical (unpaired) electrons. The van der Waals surface area contributed by atoms with Crippen molar-refractivity contribution in [1.29, 1.82) is 5.26 Å². The summed E-state index contributed by atoms with van der Waals surface area (Å²) in [7, 11) is 0. The molecule has 0 aliphatic carbocycles. The first-order valence-corrected chi connectivity index (χ1v) is 19.9. The molecular weight excluding hydrogens is 829 g/mol. The van der Waals surface area contributed by atoms with Crippen molar-refractivity contribution in [3.05, 3.63) is 155 Å². The van der Waals surface area contributed by atoms with Gasteiger partial charge in [0.25, 0.3) is 0 Å². The molecule has 10 rings (SSSR count). The van der Waals surface area contributed by atoms with Crippen molar-refractivity contribution in [2.45, 2.75) is 40.0 Å². The first-order valence-electron chi connectivity index (χ1n) is 19.9. The lowest BCUT2D eigenvalue weighted by Gasteiger charge is -2.22. The predicted octanol–water partition coefficient (Wildman–Crippen LogP) is 12.4. The van der Waals surface area contributed by atoms with E-state index < -0.39 is 34.6 Å². The molecule has 4 aromatic heterocycles. The zero-order valence-electron chi connectivity index (χ0n) is 34.3. The van der Waals surface area contributed by atoms with E-state index in [2.05, 4.69) is 36.0 Å². The summed E-state index contributed by atoms with van der Waals surface area (Å²) in [5.41, 5.74) is -0.851. The van der Waals surface area contributed by atoms with E-state index in [0.29, 0.717) is 102 Å². The van der Waals surface area contributed by atoms with Gasteiger partial charge in [-0.25, -0.2) is 29.9 Å². The Kier molecular flexibility index (Phi) is 9.12. The Morgan fingerprint density at radius 1 is 0.438 bits per heavy atom. The van der Waals surface area contributed by atoms with Crippen LogP contribution >= 0.6 is 0 Å². The van der Waals surface area contributed by atoms with Crippen molar-refractivity contribution in [2.75, 3.05) is 0 Å². The van der Waals surface area contributed by atoms with E-state index in [4.69, 9.17) is 0 Å². The van der Waals surface area contributed by atoms with Crippen LogP contribution in [0.1, 0.15) is 40.0 Å². The zero-order chi connectivity index (χ0) is 44.8. The van der Waals surface area contributed by atoms with Gasteiger partial charge in [0.1, 0.15) is 34.9 Å². The van der Waals surface area contributed by atoms with Crippen LogP contribution in [0.4, 0.5) is 26.3 Å². The summed E-state index contributed by atoms with van der Waals surface area (Å²) in [6, 6.07) is 32.2. The second kappa shape index (κ2) is 14.6. The fraction of sp³-hybridized carbons (Fsp3) is 0.122. The number of para-hydroxylation sites is 2. The lowest BCUT2D eigenvalue weighted by atomic mass is 9.91. The average Bonchev–Trinajstić information content (AvgIpc) is 3.76. The van der Waals surface area contributed by atoms with Gasteiger partial charge in [0, 0.05) is 38.2 Å². The van der Waals surface area contributed by atoms with Gasteiger partial charge in [-0.2, -0.15) is 31.6 Å². The summed E-state index contributed by atoms with van der Waals surface area (Å²) in [6.07, 6.45) is -10.4. The summed E-state index contributed by atoms with van der Waals surface area (Å²) in [6.45, 7) is 7.02. The van der Waals surface area contributed by atoms with Gasteiger partial charge in [-0.1, -0.05) is 42.5 Å². The van der Waals surface area contributed by atoms with Crippen LogP contribution in [-0.4, -0.2) is 39.0 Å². The lowest BCUT2D eigenvalue weighted by Crippen LogP contribution is -2.15. The second-order valence-corrected chi connectivity index (χ2v) is 15.4. The highest BCUT2D eigenvalue weighted by Gasteiger charge is 2.41. The standard InChI is InChI=1S/C49H31F6N9/c1-25-57-26(2)60-46(59-25)29-16-18-41-34(20-29)32-10-5-7-14-39(32)63(41)43-22-31(45-37(48(50,51)52)12-9-13-38(45)49(53,54)55)23-44(36(43)24-56)64-40-15-8-6-11-33(40)35-21-30(17-19-42(35)64)47-61-27(3)58-28(4)62-47/h5-23H,1-4H3. The SMILES string of the molecule is Cc1nc(C)nc(-c2ccc3c(c2)c2ccccc2n3-c2cc(-c3c(C(F)(F)F)cccc3C(F)(F)F)cc(-n3c4ccccc4c4cc(-c5nc(C)nc(C)n5)ccc43)c2C#N)n1. The monoisotopic (exact) mass is 859 g/mol. The number of hydrogen-bond acceptors (Lipinski definition) is 7. The quantitative estimate of drug-likeness (QED) is 0.158. The Bertz CT molecular complexity index is 3350. The zero-order valence-corrected chi connectivity index (χ0v) is 34.3. The number of alkyl halides is 6. The minimum Gasteiger partial charge on any atom is -0.308 e. The van der Waals surface area contributed by atoms with Gasteiger partial charge in [-0.15, -0.1) is 0 Å². The molecule has 4 heterocycles. The topological polar surface area (TPSA) is 111 Å². The van der Waals surface area contributed by atoms with Crippen LogP contribution in [0.5, 0.6) is 0 Å². The third kappa shape index (κ3) is 6.57. The van der Waals surface area contributed by atoms with E-state index in [1.807, 2.05) is 36.4 Å². The van der Waals surface area contributed by atoms with Crippen LogP contribution < -0.4 is 0 Å². The molecule has 0 aliphatic heterocycles. The maximum Gasteiger partial charge on any atom is 0.417 e. The molecule has 0 saturated carbocycles. The number of aromatic nitrogens is 8. The van der Waals surface area contributed by atoms with E-state index in [9.17, 15) is 5.26 Å². The molecule has 15 heteroatoms. The van der Waals surface area contributed by atoms with Crippen molar-refractivity contribution in [3.8, 4) is 51.3 Å². The maximum absolute atomic E-state index is 15.0. The smallest absolute Gasteiger partial charge is 0.308 e. The molecule has 0 amide bonds. The first-order chi connectivity index (χ1) is 30.6. The summed E-state index contributed by atoms with van der Waals surface area (Å²) < 4.78 is 93.6. The molecule has 10 aromatic rings. The number of nitriles is 1. The largest absolute Gasteiger partial charge is 0.417 e. The number of fused-ring (bicyclic) bond motifs is 6. The van der Waals surface area contributed by atoms with Crippen molar-refractivity contribution >= 4 is 43.6 Å².